The summed E-state index contributed by atoms with van der Waals surface area (Å²) in [7, 11) is 0. The second-order valence-corrected chi connectivity index (χ2v) is 5.45. The molecule has 0 radical (unpaired) electrons. The van der Waals surface area contributed by atoms with Gasteiger partial charge < -0.3 is 10.3 Å². The molecular formula is C15H17BrFN3. The van der Waals surface area contributed by atoms with Gasteiger partial charge in [-0.05, 0) is 24.6 Å². The number of anilines is 1. The summed E-state index contributed by atoms with van der Waals surface area (Å²) < 4.78 is 16.7. The third-order valence-electron chi connectivity index (χ3n) is 3.05. The first-order valence-electron chi connectivity index (χ1n) is 6.49. The van der Waals surface area contributed by atoms with Gasteiger partial charge in [0.1, 0.15) is 23.2 Å². The Morgan fingerprint density at radius 1 is 1.50 bits per heavy atom. The summed E-state index contributed by atoms with van der Waals surface area (Å²) in [5.74, 6) is 1.01. The van der Waals surface area contributed by atoms with E-state index in [2.05, 4.69) is 34.4 Å². The largest absolute Gasteiger partial charge is 0.383 e. The van der Waals surface area contributed by atoms with Gasteiger partial charge in [-0.15, -0.1) is 6.58 Å². The molecule has 0 fully saturated rings. The van der Waals surface area contributed by atoms with E-state index in [0.717, 1.165) is 23.1 Å². The smallest absolute Gasteiger partial charge is 0.132 e. The number of aromatic nitrogens is 2. The predicted molar refractivity (Wildman–Crippen MR) is 83.9 cm³/mol. The van der Waals surface area contributed by atoms with Crippen LogP contribution in [0.1, 0.15) is 19.2 Å². The summed E-state index contributed by atoms with van der Waals surface area (Å²) >= 11 is 3.35. The molecule has 5 heteroatoms. The first kappa shape index (κ1) is 14.8. The van der Waals surface area contributed by atoms with E-state index in [0.29, 0.717) is 23.6 Å². The molecule has 0 aliphatic rings. The zero-order chi connectivity index (χ0) is 14.7. The van der Waals surface area contributed by atoms with Crippen molar-refractivity contribution < 1.29 is 4.39 Å². The van der Waals surface area contributed by atoms with Crippen molar-refractivity contribution in [2.45, 2.75) is 26.3 Å². The van der Waals surface area contributed by atoms with Crippen molar-refractivity contribution in [3.63, 3.8) is 0 Å². The maximum atomic E-state index is 14.0. The number of hydrogen-bond donors (Lipinski definition) is 1. The molecule has 106 valence electrons. The van der Waals surface area contributed by atoms with Crippen LogP contribution in [0.15, 0.2) is 35.3 Å². The summed E-state index contributed by atoms with van der Waals surface area (Å²) in [5, 5.41) is 0. The normalized spacial score (nSPS) is 10.8. The first-order chi connectivity index (χ1) is 9.58. The number of benzene rings is 1. The summed E-state index contributed by atoms with van der Waals surface area (Å²) in [6.45, 7) is 6.37. The fourth-order valence-corrected chi connectivity index (χ4v) is 2.50. The first-order valence-corrected chi connectivity index (χ1v) is 7.29. The molecule has 0 aliphatic carbocycles. The number of halogens is 2. The van der Waals surface area contributed by atoms with Gasteiger partial charge in [-0.3, -0.25) is 0 Å². The Kier molecular flexibility index (Phi) is 4.60. The molecule has 1 heterocycles. The molecule has 0 unspecified atom stereocenters. The SMILES string of the molecule is C=CCn1c(CCC)nc(-c2cc(Br)ccc2F)c1N. The highest BCUT2D eigenvalue weighted by molar-refractivity contribution is 9.10. The van der Waals surface area contributed by atoms with E-state index in [1.807, 2.05) is 4.57 Å². The second-order valence-electron chi connectivity index (χ2n) is 4.54. The van der Waals surface area contributed by atoms with Crippen molar-refractivity contribution in [2.24, 2.45) is 0 Å². The number of rotatable bonds is 5. The van der Waals surface area contributed by atoms with Gasteiger partial charge in [-0.2, -0.15) is 0 Å². The minimum atomic E-state index is -0.328. The molecule has 2 N–H and O–H groups in total. The van der Waals surface area contributed by atoms with Crippen LogP contribution in [0.2, 0.25) is 0 Å². The summed E-state index contributed by atoms with van der Waals surface area (Å²) in [5.41, 5.74) is 7.05. The van der Waals surface area contributed by atoms with Crippen molar-refractivity contribution >= 4 is 21.7 Å². The fraction of sp³-hybridized carbons (Fsp3) is 0.267. The van der Waals surface area contributed by atoms with E-state index < -0.39 is 0 Å². The zero-order valence-corrected chi connectivity index (χ0v) is 13.0. The van der Waals surface area contributed by atoms with Gasteiger partial charge in [0.15, 0.2) is 0 Å². The van der Waals surface area contributed by atoms with Crippen LogP contribution in [-0.2, 0) is 13.0 Å². The lowest BCUT2D eigenvalue weighted by Crippen LogP contribution is -2.05. The Hall–Kier alpha value is -1.62. The maximum absolute atomic E-state index is 14.0. The van der Waals surface area contributed by atoms with Crippen LogP contribution < -0.4 is 5.73 Å². The minimum Gasteiger partial charge on any atom is -0.383 e. The van der Waals surface area contributed by atoms with Crippen molar-refractivity contribution in [1.29, 1.82) is 0 Å². The molecule has 1 aromatic heterocycles. The molecule has 20 heavy (non-hydrogen) atoms. The summed E-state index contributed by atoms with van der Waals surface area (Å²) in [6.07, 6.45) is 3.51. The average molecular weight is 338 g/mol. The molecule has 0 bridgehead atoms. The highest BCUT2D eigenvalue weighted by Crippen LogP contribution is 2.31. The second kappa shape index (κ2) is 6.22. The Morgan fingerprint density at radius 3 is 2.90 bits per heavy atom. The van der Waals surface area contributed by atoms with Crippen LogP contribution in [0, 0.1) is 5.82 Å². The number of imidazole rings is 1. The van der Waals surface area contributed by atoms with Gasteiger partial charge in [0.2, 0.25) is 0 Å². The molecule has 0 atom stereocenters. The van der Waals surface area contributed by atoms with Crippen molar-refractivity contribution in [3.05, 3.63) is 47.0 Å². The van der Waals surface area contributed by atoms with Crippen LogP contribution in [0.5, 0.6) is 0 Å². The predicted octanol–water partition coefficient (Wildman–Crippen LogP) is 4.17. The van der Waals surface area contributed by atoms with Gasteiger partial charge >= 0.3 is 0 Å². The molecule has 1 aromatic carbocycles. The highest BCUT2D eigenvalue weighted by atomic mass is 79.9. The van der Waals surface area contributed by atoms with E-state index in [1.54, 1.807) is 18.2 Å². The summed E-state index contributed by atoms with van der Waals surface area (Å²) in [6, 6.07) is 4.76. The number of hydrogen-bond acceptors (Lipinski definition) is 2. The summed E-state index contributed by atoms with van der Waals surface area (Å²) in [4.78, 5) is 4.52. The molecule has 2 rings (SSSR count). The van der Waals surface area contributed by atoms with E-state index >= 15 is 0 Å². The zero-order valence-electron chi connectivity index (χ0n) is 11.4. The lowest BCUT2D eigenvalue weighted by atomic mass is 10.1. The fourth-order valence-electron chi connectivity index (χ4n) is 2.14. The van der Waals surface area contributed by atoms with Crippen LogP contribution in [0.25, 0.3) is 11.3 Å². The Labute approximate surface area is 126 Å². The average Bonchev–Trinajstić information content (AvgIpc) is 2.71. The molecule has 0 amide bonds. The lowest BCUT2D eigenvalue weighted by Gasteiger charge is -2.06. The quantitative estimate of drug-likeness (QED) is 0.832. The molecule has 3 nitrogen and oxygen atoms in total. The topological polar surface area (TPSA) is 43.8 Å². The lowest BCUT2D eigenvalue weighted by molar-refractivity contribution is 0.630. The third-order valence-corrected chi connectivity index (χ3v) is 3.55. The molecule has 0 saturated carbocycles. The highest BCUT2D eigenvalue weighted by Gasteiger charge is 2.18. The third kappa shape index (κ3) is 2.77. The maximum Gasteiger partial charge on any atom is 0.132 e. The number of nitrogen functional groups attached to an aromatic ring is 1. The van der Waals surface area contributed by atoms with Gasteiger partial charge in [0, 0.05) is 23.0 Å². The van der Waals surface area contributed by atoms with Crippen molar-refractivity contribution in [2.75, 3.05) is 5.73 Å². The molecular weight excluding hydrogens is 321 g/mol. The molecule has 0 saturated heterocycles. The molecule has 0 aliphatic heterocycles. The number of nitrogens with two attached hydrogens (primary N) is 1. The van der Waals surface area contributed by atoms with Gasteiger partial charge in [-0.25, -0.2) is 9.37 Å². The number of nitrogens with zero attached hydrogens (tertiary/aromatic N) is 2. The van der Waals surface area contributed by atoms with Crippen LogP contribution in [0.4, 0.5) is 10.2 Å². The number of allylic oxidation sites excluding steroid dienone is 1. The van der Waals surface area contributed by atoms with E-state index in [-0.39, 0.29) is 5.82 Å². The standard InChI is InChI=1S/C15H17BrFN3/c1-3-5-13-19-14(15(18)20(13)8-4-2)11-9-10(16)6-7-12(11)17/h4,6-7,9H,2-3,5,8,18H2,1H3. The Balaban J connectivity index is 2.59. The van der Waals surface area contributed by atoms with Crippen LogP contribution in [-0.4, -0.2) is 9.55 Å². The van der Waals surface area contributed by atoms with Crippen LogP contribution in [0.3, 0.4) is 0 Å². The van der Waals surface area contributed by atoms with Crippen LogP contribution >= 0.6 is 15.9 Å². The monoisotopic (exact) mass is 337 g/mol. The van der Waals surface area contributed by atoms with E-state index in [1.165, 1.54) is 6.07 Å². The molecule has 0 spiro atoms. The van der Waals surface area contributed by atoms with Gasteiger partial charge in [-0.1, -0.05) is 28.9 Å². The van der Waals surface area contributed by atoms with E-state index in [4.69, 9.17) is 5.73 Å². The Morgan fingerprint density at radius 2 is 2.25 bits per heavy atom. The number of aryl methyl sites for hydroxylation is 1. The van der Waals surface area contributed by atoms with E-state index in [9.17, 15) is 4.39 Å². The molecule has 2 aromatic rings. The van der Waals surface area contributed by atoms with Crippen molar-refractivity contribution in [1.82, 2.24) is 9.55 Å². The van der Waals surface area contributed by atoms with Gasteiger partial charge in [0.25, 0.3) is 0 Å². The van der Waals surface area contributed by atoms with Crippen molar-refractivity contribution in [3.8, 4) is 11.3 Å². The van der Waals surface area contributed by atoms with Gasteiger partial charge in [0.05, 0.1) is 0 Å². The Bertz CT molecular complexity index is 634. The minimum absolute atomic E-state index is 0.328.